The Morgan fingerprint density at radius 1 is 1.13 bits per heavy atom. The summed E-state index contributed by atoms with van der Waals surface area (Å²) in [6.07, 6.45) is 2.70. The van der Waals surface area contributed by atoms with Gasteiger partial charge in [-0.25, -0.2) is 13.8 Å². The lowest BCUT2D eigenvalue weighted by atomic mass is 9.81. The van der Waals surface area contributed by atoms with E-state index >= 15 is 4.39 Å². The number of carboxylic acids is 1. The lowest BCUT2D eigenvalue weighted by Gasteiger charge is -2.32. The maximum atomic E-state index is 15.1. The highest BCUT2D eigenvalue weighted by Gasteiger charge is 2.30. The van der Waals surface area contributed by atoms with E-state index in [0.29, 0.717) is 17.0 Å². The first-order valence-electron chi connectivity index (χ1n) is 12.9. The fraction of sp³-hybridized carbons (Fsp3) is 0.419. The Morgan fingerprint density at radius 2 is 1.82 bits per heavy atom. The molecule has 3 aromatic rings. The van der Waals surface area contributed by atoms with Crippen LogP contribution in [-0.2, 0) is 22.6 Å². The summed E-state index contributed by atoms with van der Waals surface area (Å²) in [4.78, 5) is 13.0. The highest BCUT2D eigenvalue weighted by molar-refractivity contribution is 5.70. The van der Waals surface area contributed by atoms with Crippen LogP contribution >= 0.6 is 0 Å². The molecule has 1 aliphatic rings. The number of ether oxygens (including phenoxy) is 3. The van der Waals surface area contributed by atoms with E-state index in [1.807, 2.05) is 31.2 Å². The number of benzene rings is 2. The molecule has 0 amide bonds. The Balaban J connectivity index is 0.000000983. The minimum atomic E-state index is -0.833. The number of hydrogen-bond acceptors (Lipinski definition) is 5. The van der Waals surface area contributed by atoms with E-state index in [0.717, 1.165) is 48.2 Å². The molecule has 2 aromatic carbocycles. The Bertz CT molecular complexity index is 1320. The molecular weight excluding hydrogens is 504 g/mol. The van der Waals surface area contributed by atoms with Crippen molar-refractivity contribution >= 4 is 5.97 Å². The summed E-state index contributed by atoms with van der Waals surface area (Å²) in [6, 6.07) is 10.9. The molecule has 0 fully saturated rings. The molecule has 1 heterocycles. The summed E-state index contributed by atoms with van der Waals surface area (Å²) in [5.41, 5.74) is 4.29. The van der Waals surface area contributed by atoms with Crippen LogP contribution in [0.3, 0.4) is 0 Å². The molecule has 1 N–H and O–H groups in total. The van der Waals surface area contributed by atoms with E-state index in [1.54, 1.807) is 19.2 Å². The molecular formula is C31H37F2NO5. The number of carboxylic acid groups (broad SMARTS) is 1. The summed E-state index contributed by atoms with van der Waals surface area (Å²) in [5, 5.41) is 7.42. The number of aromatic nitrogens is 1. The molecule has 0 saturated heterocycles. The first kappa shape index (κ1) is 30.0. The molecule has 2 atom stereocenters. The molecule has 39 heavy (non-hydrogen) atoms. The predicted octanol–water partition coefficient (Wildman–Crippen LogP) is 7.49. The normalized spacial score (nSPS) is 15.2. The average molecular weight is 542 g/mol. The summed E-state index contributed by atoms with van der Waals surface area (Å²) in [7, 11) is 3.14. The third-order valence-electron chi connectivity index (χ3n) is 6.72. The molecule has 210 valence electrons. The first-order chi connectivity index (χ1) is 18.4. The van der Waals surface area contributed by atoms with Crippen molar-refractivity contribution in [2.75, 3.05) is 14.2 Å². The smallest absolute Gasteiger partial charge is 0.300 e. The summed E-state index contributed by atoms with van der Waals surface area (Å²) in [5.74, 6) is -0.771. The Hall–Kier alpha value is -3.52. The van der Waals surface area contributed by atoms with Crippen LogP contribution in [0, 0.1) is 17.0 Å². The molecule has 6 nitrogen and oxygen atoms in total. The van der Waals surface area contributed by atoms with Gasteiger partial charge >= 0.3 is 0 Å². The molecule has 2 unspecified atom stereocenters. The molecule has 0 bridgehead atoms. The van der Waals surface area contributed by atoms with Crippen LogP contribution < -0.4 is 9.47 Å². The predicted molar refractivity (Wildman–Crippen MR) is 146 cm³/mol. The van der Waals surface area contributed by atoms with E-state index < -0.39 is 11.8 Å². The summed E-state index contributed by atoms with van der Waals surface area (Å²) >= 11 is 0. The van der Waals surface area contributed by atoms with Gasteiger partial charge in [0.05, 0.1) is 19.4 Å². The van der Waals surface area contributed by atoms with Crippen LogP contribution in [0.1, 0.15) is 75.3 Å². The van der Waals surface area contributed by atoms with Crippen LogP contribution in [0.5, 0.6) is 11.6 Å². The molecule has 8 heteroatoms. The maximum absolute atomic E-state index is 15.1. The van der Waals surface area contributed by atoms with Crippen molar-refractivity contribution in [3.05, 3.63) is 76.5 Å². The van der Waals surface area contributed by atoms with Gasteiger partial charge in [0, 0.05) is 25.7 Å². The molecule has 0 radical (unpaired) electrons. The van der Waals surface area contributed by atoms with Gasteiger partial charge < -0.3 is 19.3 Å². The van der Waals surface area contributed by atoms with Crippen molar-refractivity contribution in [2.24, 2.45) is 5.41 Å². The van der Waals surface area contributed by atoms with Crippen molar-refractivity contribution in [3.63, 3.8) is 0 Å². The quantitative estimate of drug-likeness (QED) is 0.334. The Morgan fingerprint density at radius 3 is 2.44 bits per heavy atom. The number of aryl methyl sites for hydroxylation is 1. The zero-order valence-corrected chi connectivity index (χ0v) is 23.6. The van der Waals surface area contributed by atoms with Crippen molar-refractivity contribution in [1.82, 2.24) is 4.98 Å². The second-order valence-electron chi connectivity index (χ2n) is 10.8. The number of rotatable bonds is 7. The number of nitrogens with zero attached hydrogens (tertiary/aromatic N) is 1. The SMILES string of the molecule is CC(=O)O.COc1cc(-c2ccc(COc3ccc4c(c3F)C(C)CC4)cc2C(OC)C(C)(C)C)c(F)cn1. The van der Waals surface area contributed by atoms with Gasteiger partial charge in [0.15, 0.2) is 11.6 Å². The van der Waals surface area contributed by atoms with Gasteiger partial charge in [-0.05, 0) is 64.1 Å². The van der Waals surface area contributed by atoms with Gasteiger partial charge in [-0.3, -0.25) is 4.79 Å². The topological polar surface area (TPSA) is 77.9 Å². The third kappa shape index (κ3) is 7.12. The van der Waals surface area contributed by atoms with Crippen LogP contribution in [0.15, 0.2) is 42.6 Å². The molecule has 4 rings (SSSR count). The number of fused-ring (bicyclic) bond motifs is 1. The van der Waals surface area contributed by atoms with Crippen molar-refractivity contribution < 1.29 is 32.9 Å². The highest BCUT2D eigenvalue weighted by atomic mass is 19.1. The van der Waals surface area contributed by atoms with Crippen LogP contribution in [0.25, 0.3) is 11.1 Å². The standard InChI is InChI=1S/C29H33F2NO3.C2H4O2/c1-17-7-9-19-10-12-24(27(31)26(17)19)35-16-18-8-11-20(21-14-25(33-5)32-15-23(21)30)22(13-18)28(34-6)29(2,3)4;1-2(3)4/h8,10-15,17,28H,7,9,16H2,1-6H3;1H3,(H,3,4). The summed E-state index contributed by atoms with van der Waals surface area (Å²) in [6.45, 7) is 9.52. The molecule has 1 aromatic heterocycles. The van der Waals surface area contributed by atoms with Gasteiger partial charge in [-0.1, -0.05) is 45.9 Å². The maximum Gasteiger partial charge on any atom is 0.300 e. The average Bonchev–Trinajstić information content (AvgIpc) is 3.25. The minimum Gasteiger partial charge on any atom is -0.486 e. The van der Waals surface area contributed by atoms with Crippen molar-refractivity contribution in [1.29, 1.82) is 0 Å². The number of aliphatic carboxylic acids is 1. The van der Waals surface area contributed by atoms with Gasteiger partial charge in [0.2, 0.25) is 5.88 Å². The van der Waals surface area contributed by atoms with Crippen LogP contribution in [-0.4, -0.2) is 30.3 Å². The van der Waals surface area contributed by atoms with E-state index in [4.69, 9.17) is 24.1 Å². The lowest BCUT2D eigenvalue weighted by molar-refractivity contribution is -0.134. The molecule has 0 spiro atoms. The minimum absolute atomic E-state index is 0.181. The number of halogens is 2. The van der Waals surface area contributed by atoms with E-state index in [1.165, 1.54) is 7.11 Å². The lowest BCUT2D eigenvalue weighted by Crippen LogP contribution is -2.21. The zero-order valence-electron chi connectivity index (χ0n) is 23.6. The number of pyridine rings is 1. The van der Waals surface area contributed by atoms with Gasteiger partial charge in [0.1, 0.15) is 12.4 Å². The van der Waals surface area contributed by atoms with Crippen LogP contribution in [0.4, 0.5) is 8.78 Å². The Kier molecular flexibility index (Phi) is 9.67. The van der Waals surface area contributed by atoms with E-state index in [-0.39, 0.29) is 35.6 Å². The molecule has 0 aliphatic heterocycles. The molecule has 1 aliphatic carbocycles. The van der Waals surface area contributed by atoms with Crippen molar-refractivity contribution in [2.45, 2.75) is 66.1 Å². The van der Waals surface area contributed by atoms with E-state index in [2.05, 4.69) is 25.8 Å². The second-order valence-corrected chi connectivity index (χ2v) is 10.8. The highest BCUT2D eigenvalue weighted by Crippen LogP contribution is 2.42. The van der Waals surface area contributed by atoms with Crippen LogP contribution in [0.2, 0.25) is 0 Å². The van der Waals surface area contributed by atoms with E-state index in [9.17, 15) is 4.39 Å². The summed E-state index contributed by atoms with van der Waals surface area (Å²) < 4.78 is 47.1. The first-order valence-corrected chi connectivity index (χ1v) is 12.9. The van der Waals surface area contributed by atoms with Gasteiger partial charge in [-0.15, -0.1) is 0 Å². The monoisotopic (exact) mass is 541 g/mol. The molecule has 0 saturated carbocycles. The zero-order chi connectivity index (χ0) is 28.9. The van der Waals surface area contributed by atoms with Crippen molar-refractivity contribution in [3.8, 4) is 22.8 Å². The fourth-order valence-electron chi connectivity index (χ4n) is 5.00. The Labute approximate surface area is 229 Å². The fourth-order valence-corrected chi connectivity index (χ4v) is 5.00. The number of hydrogen-bond donors (Lipinski definition) is 1. The largest absolute Gasteiger partial charge is 0.486 e. The third-order valence-corrected chi connectivity index (χ3v) is 6.72. The number of carbonyl (C=O) groups is 1. The number of methoxy groups -OCH3 is 2. The second kappa shape index (κ2) is 12.6. The van der Waals surface area contributed by atoms with Gasteiger partial charge in [0.25, 0.3) is 5.97 Å². The van der Waals surface area contributed by atoms with Gasteiger partial charge in [-0.2, -0.15) is 0 Å².